The molecule has 0 aliphatic heterocycles. The monoisotopic (exact) mass is 231 g/mol. The summed E-state index contributed by atoms with van der Waals surface area (Å²) < 4.78 is 22.3. The van der Waals surface area contributed by atoms with Gasteiger partial charge < -0.3 is 5.32 Å². The van der Waals surface area contributed by atoms with Gasteiger partial charge in [0.15, 0.2) is 9.84 Å². The summed E-state index contributed by atoms with van der Waals surface area (Å²) in [5.41, 5.74) is 1.05. The summed E-state index contributed by atoms with van der Waals surface area (Å²) in [5.74, 6) is 0.605. The first-order valence-electron chi connectivity index (χ1n) is 4.14. The van der Waals surface area contributed by atoms with Crippen molar-refractivity contribution in [2.45, 2.75) is 11.4 Å². The van der Waals surface area contributed by atoms with Crippen molar-refractivity contribution in [2.75, 3.05) is 12.1 Å². The minimum Gasteiger partial charge on any atom is -0.304 e. The van der Waals surface area contributed by atoms with Crippen molar-refractivity contribution in [3.8, 4) is 0 Å². The van der Waals surface area contributed by atoms with Gasteiger partial charge in [-0.2, -0.15) is 12.6 Å². The fourth-order valence-corrected chi connectivity index (χ4v) is 1.80. The third kappa shape index (κ3) is 3.32. The zero-order valence-electron chi connectivity index (χ0n) is 7.90. The summed E-state index contributed by atoms with van der Waals surface area (Å²) in [5, 5.41) is 3.04. The Morgan fingerprint density at radius 2 is 1.86 bits per heavy atom. The molecule has 3 nitrogen and oxygen atoms in total. The molecule has 0 atom stereocenters. The minimum absolute atomic E-state index is 0.354. The number of sulfone groups is 1. The summed E-state index contributed by atoms with van der Waals surface area (Å²) in [6.45, 7) is 0.702. The first-order valence-corrected chi connectivity index (χ1v) is 6.67. The van der Waals surface area contributed by atoms with Crippen LogP contribution < -0.4 is 5.32 Å². The molecule has 0 heterocycles. The third-order valence-corrected chi connectivity index (χ3v) is 3.14. The second-order valence-corrected chi connectivity index (χ2v) is 5.33. The van der Waals surface area contributed by atoms with Gasteiger partial charge in [0.05, 0.1) is 4.90 Å². The van der Waals surface area contributed by atoms with E-state index in [-0.39, 0.29) is 0 Å². The Labute approximate surface area is 89.9 Å². The van der Waals surface area contributed by atoms with Crippen LogP contribution in [0.4, 0.5) is 0 Å². The lowest BCUT2D eigenvalue weighted by Gasteiger charge is -2.02. The van der Waals surface area contributed by atoms with Gasteiger partial charge in [-0.15, -0.1) is 0 Å². The number of hydrogen-bond acceptors (Lipinski definition) is 4. The van der Waals surface area contributed by atoms with Crippen LogP contribution in [0.3, 0.4) is 0 Å². The van der Waals surface area contributed by atoms with Crippen LogP contribution >= 0.6 is 12.6 Å². The van der Waals surface area contributed by atoms with Crippen LogP contribution in [-0.2, 0) is 16.4 Å². The van der Waals surface area contributed by atoms with Gasteiger partial charge in [-0.25, -0.2) is 8.42 Å². The summed E-state index contributed by atoms with van der Waals surface area (Å²) >= 11 is 4.01. The molecule has 0 amide bonds. The standard InChI is InChI=1S/C9H13NO2S2/c1-14(11,12)9-4-2-8(3-5-9)6-10-7-13/h2-5,10,13H,6-7H2,1H3. The number of rotatable bonds is 4. The van der Waals surface area contributed by atoms with Crippen molar-refractivity contribution in [1.82, 2.24) is 5.32 Å². The van der Waals surface area contributed by atoms with Gasteiger partial charge in [-0.1, -0.05) is 12.1 Å². The molecule has 0 aromatic heterocycles. The van der Waals surface area contributed by atoms with E-state index in [1.54, 1.807) is 24.3 Å². The topological polar surface area (TPSA) is 46.2 Å². The predicted molar refractivity (Wildman–Crippen MR) is 60.2 cm³/mol. The number of nitrogens with one attached hydrogen (secondary N) is 1. The Morgan fingerprint density at radius 1 is 1.29 bits per heavy atom. The molecule has 0 unspecified atom stereocenters. The molecule has 78 valence electrons. The molecule has 0 aliphatic rings. The van der Waals surface area contributed by atoms with Crippen molar-refractivity contribution < 1.29 is 8.42 Å². The Balaban J connectivity index is 2.79. The molecule has 1 N–H and O–H groups in total. The molecule has 0 radical (unpaired) electrons. The summed E-state index contributed by atoms with van der Waals surface area (Å²) in [6.07, 6.45) is 1.20. The highest BCUT2D eigenvalue weighted by molar-refractivity contribution is 7.90. The van der Waals surface area contributed by atoms with E-state index in [0.717, 1.165) is 5.56 Å². The maximum absolute atomic E-state index is 11.1. The van der Waals surface area contributed by atoms with E-state index in [0.29, 0.717) is 17.3 Å². The molecule has 0 saturated heterocycles. The highest BCUT2D eigenvalue weighted by atomic mass is 32.2. The molecule has 0 aliphatic carbocycles. The van der Waals surface area contributed by atoms with Gasteiger partial charge in [0.2, 0.25) is 0 Å². The van der Waals surface area contributed by atoms with Crippen molar-refractivity contribution >= 4 is 22.5 Å². The molecule has 1 aromatic carbocycles. The van der Waals surface area contributed by atoms with E-state index >= 15 is 0 Å². The molecule has 0 fully saturated rings. The van der Waals surface area contributed by atoms with Crippen LogP contribution in [0.2, 0.25) is 0 Å². The van der Waals surface area contributed by atoms with Crippen molar-refractivity contribution in [3.63, 3.8) is 0 Å². The van der Waals surface area contributed by atoms with Gasteiger partial charge in [-0.05, 0) is 17.7 Å². The quantitative estimate of drug-likeness (QED) is 0.602. The lowest BCUT2D eigenvalue weighted by Crippen LogP contribution is -2.10. The Kier molecular flexibility index (Phi) is 3.97. The van der Waals surface area contributed by atoms with E-state index in [2.05, 4.69) is 17.9 Å². The van der Waals surface area contributed by atoms with Gasteiger partial charge in [0, 0.05) is 18.7 Å². The van der Waals surface area contributed by atoms with E-state index in [4.69, 9.17) is 0 Å². The van der Waals surface area contributed by atoms with Crippen LogP contribution in [0.5, 0.6) is 0 Å². The molecule has 14 heavy (non-hydrogen) atoms. The Bertz CT molecular complexity index is 384. The molecule has 5 heteroatoms. The highest BCUT2D eigenvalue weighted by Gasteiger charge is 2.05. The molecule has 0 bridgehead atoms. The predicted octanol–water partition coefficient (Wildman–Crippen LogP) is 1.07. The molecular formula is C9H13NO2S2. The Morgan fingerprint density at radius 3 is 2.29 bits per heavy atom. The molecular weight excluding hydrogens is 218 g/mol. The normalized spacial score (nSPS) is 11.6. The fourth-order valence-electron chi connectivity index (χ4n) is 1.05. The van der Waals surface area contributed by atoms with Crippen LogP contribution in [0.25, 0.3) is 0 Å². The largest absolute Gasteiger partial charge is 0.304 e. The zero-order valence-corrected chi connectivity index (χ0v) is 9.61. The lowest BCUT2D eigenvalue weighted by atomic mass is 10.2. The number of hydrogen-bond donors (Lipinski definition) is 2. The van der Waals surface area contributed by atoms with E-state index in [1.165, 1.54) is 6.26 Å². The van der Waals surface area contributed by atoms with Crippen LogP contribution in [0, 0.1) is 0 Å². The smallest absolute Gasteiger partial charge is 0.175 e. The third-order valence-electron chi connectivity index (χ3n) is 1.79. The van der Waals surface area contributed by atoms with Crippen LogP contribution in [0.1, 0.15) is 5.56 Å². The maximum Gasteiger partial charge on any atom is 0.175 e. The van der Waals surface area contributed by atoms with E-state index in [1.807, 2.05) is 0 Å². The second kappa shape index (κ2) is 4.82. The lowest BCUT2D eigenvalue weighted by molar-refractivity contribution is 0.602. The first kappa shape index (κ1) is 11.6. The highest BCUT2D eigenvalue weighted by Crippen LogP contribution is 2.09. The average molecular weight is 231 g/mol. The van der Waals surface area contributed by atoms with Crippen molar-refractivity contribution in [2.24, 2.45) is 0 Å². The SMILES string of the molecule is CS(=O)(=O)c1ccc(CNCS)cc1. The molecule has 1 aromatic rings. The fraction of sp³-hybridized carbons (Fsp3) is 0.333. The van der Waals surface area contributed by atoms with E-state index < -0.39 is 9.84 Å². The molecule has 0 spiro atoms. The summed E-state index contributed by atoms with van der Waals surface area (Å²) in [7, 11) is -3.08. The summed E-state index contributed by atoms with van der Waals surface area (Å²) in [6, 6.07) is 6.83. The van der Waals surface area contributed by atoms with Gasteiger partial charge in [0.25, 0.3) is 0 Å². The average Bonchev–Trinajstić information content (AvgIpc) is 2.14. The minimum atomic E-state index is -3.08. The van der Waals surface area contributed by atoms with Crippen molar-refractivity contribution in [3.05, 3.63) is 29.8 Å². The summed E-state index contributed by atoms with van der Waals surface area (Å²) in [4.78, 5) is 0.354. The zero-order chi connectivity index (χ0) is 10.6. The number of thiol groups is 1. The van der Waals surface area contributed by atoms with Crippen LogP contribution in [-0.4, -0.2) is 20.6 Å². The number of benzene rings is 1. The van der Waals surface area contributed by atoms with Crippen LogP contribution in [0.15, 0.2) is 29.2 Å². The Hall–Kier alpha value is -0.520. The molecule has 1 rings (SSSR count). The van der Waals surface area contributed by atoms with Gasteiger partial charge in [-0.3, -0.25) is 0 Å². The second-order valence-electron chi connectivity index (χ2n) is 3.00. The van der Waals surface area contributed by atoms with Crippen molar-refractivity contribution in [1.29, 1.82) is 0 Å². The molecule has 0 saturated carbocycles. The van der Waals surface area contributed by atoms with E-state index in [9.17, 15) is 8.42 Å². The first-order chi connectivity index (χ1) is 6.54. The maximum atomic E-state index is 11.1. The van der Waals surface area contributed by atoms with Gasteiger partial charge in [0.1, 0.15) is 0 Å². The van der Waals surface area contributed by atoms with Gasteiger partial charge >= 0.3 is 0 Å².